The summed E-state index contributed by atoms with van der Waals surface area (Å²) in [7, 11) is 1.84. The third-order valence-electron chi connectivity index (χ3n) is 14.9. The molecule has 2 aliphatic heterocycles. The lowest BCUT2D eigenvalue weighted by atomic mass is 9.33. The summed E-state index contributed by atoms with van der Waals surface area (Å²) < 4.78 is 14.1. The molecule has 1 saturated heterocycles. The average molecular weight is 675 g/mol. The molecule has 7 atom stereocenters. The minimum Gasteiger partial charge on any atom is -0.485 e. The number of fused-ring (bicyclic) bond motifs is 2. The van der Waals surface area contributed by atoms with Crippen molar-refractivity contribution >= 4 is 5.91 Å². The van der Waals surface area contributed by atoms with Gasteiger partial charge in [0, 0.05) is 48.6 Å². The van der Waals surface area contributed by atoms with Gasteiger partial charge >= 0.3 is 0 Å². The highest BCUT2D eigenvalue weighted by Gasteiger charge is 2.82. The van der Waals surface area contributed by atoms with E-state index in [0.717, 1.165) is 56.7 Å². The first kappa shape index (κ1) is 32.7. The molecule has 6 nitrogen and oxygen atoms in total. The van der Waals surface area contributed by atoms with Gasteiger partial charge in [-0.15, -0.1) is 0 Å². The van der Waals surface area contributed by atoms with Crippen molar-refractivity contribution in [2.24, 2.45) is 22.7 Å². The number of nitrogens with one attached hydrogen (secondary N) is 1. The fourth-order valence-corrected chi connectivity index (χ4v) is 11.7. The van der Waals surface area contributed by atoms with Gasteiger partial charge in [-0.1, -0.05) is 81.4 Å². The molecule has 7 aliphatic rings. The van der Waals surface area contributed by atoms with Crippen LogP contribution in [0.1, 0.15) is 93.3 Å². The molecule has 3 aromatic rings. The Morgan fingerprint density at radius 2 is 1.72 bits per heavy atom. The zero-order valence-electron chi connectivity index (χ0n) is 30.6. The van der Waals surface area contributed by atoms with E-state index >= 15 is 0 Å². The number of carbonyl (C=O) groups excluding carboxylic acids is 1. The molecule has 5 fully saturated rings. The maximum atomic E-state index is 14.1. The summed E-state index contributed by atoms with van der Waals surface area (Å²) >= 11 is 0. The van der Waals surface area contributed by atoms with Gasteiger partial charge in [0.2, 0.25) is 0 Å². The number of hydrogen-bond acceptors (Lipinski definition) is 5. The second-order valence-electron chi connectivity index (χ2n) is 17.9. The van der Waals surface area contributed by atoms with Crippen molar-refractivity contribution in [3.05, 3.63) is 89.0 Å². The average Bonchev–Trinajstić information content (AvgIpc) is 3.86. The Morgan fingerprint density at radius 1 is 0.980 bits per heavy atom. The molecule has 4 saturated carbocycles. The largest absolute Gasteiger partial charge is 0.485 e. The molecule has 1 unspecified atom stereocenters. The zero-order valence-corrected chi connectivity index (χ0v) is 30.6. The van der Waals surface area contributed by atoms with Crippen LogP contribution >= 0.6 is 0 Å². The number of benzene rings is 3. The standard InChI is InChI=1S/C44H54N2O4/c1-40(2,3)41(4,48)34-26-42-20-21-44(34,49-5)39-43(42)22-24-46(27-29-11-12-29)35(42)25-32-17-18-33(37(50-39)36(32)43)38(47)45-23-19-28-13-15-31(16-14-28)30-9-7-6-8-10-30/h6-10,13-18,29,34-35,39,48H,11-12,19-27H2,1-5H3,(H,45,47)/t34-,35-,39?,41-,42-,43+,44+/m1/s1. The van der Waals surface area contributed by atoms with Gasteiger partial charge in [0.05, 0.1) is 11.2 Å². The molecule has 6 heteroatoms. The van der Waals surface area contributed by atoms with Crippen molar-refractivity contribution < 1.29 is 19.4 Å². The fourth-order valence-electron chi connectivity index (χ4n) is 11.7. The van der Waals surface area contributed by atoms with Crippen molar-refractivity contribution in [2.75, 3.05) is 26.7 Å². The summed E-state index contributed by atoms with van der Waals surface area (Å²) in [6, 6.07) is 23.7. The highest BCUT2D eigenvalue weighted by atomic mass is 16.6. The summed E-state index contributed by atoms with van der Waals surface area (Å²) in [4.78, 5) is 16.9. The Hall–Kier alpha value is -3.19. The van der Waals surface area contributed by atoms with Crippen LogP contribution in [0.2, 0.25) is 0 Å². The van der Waals surface area contributed by atoms with Crippen LogP contribution < -0.4 is 10.1 Å². The molecule has 2 heterocycles. The quantitative estimate of drug-likeness (QED) is 0.249. The summed E-state index contributed by atoms with van der Waals surface area (Å²) in [5.74, 6) is 1.45. The molecule has 4 bridgehead atoms. The summed E-state index contributed by atoms with van der Waals surface area (Å²) in [5.41, 5.74) is 4.67. The van der Waals surface area contributed by atoms with Gasteiger partial charge in [-0.2, -0.15) is 0 Å². The number of rotatable bonds is 9. The zero-order chi connectivity index (χ0) is 34.7. The van der Waals surface area contributed by atoms with E-state index in [-0.39, 0.29) is 34.2 Å². The van der Waals surface area contributed by atoms with E-state index in [9.17, 15) is 9.90 Å². The van der Waals surface area contributed by atoms with E-state index in [0.29, 0.717) is 18.2 Å². The van der Waals surface area contributed by atoms with Crippen LogP contribution in [-0.2, 0) is 23.0 Å². The van der Waals surface area contributed by atoms with Gasteiger partial charge < -0.3 is 19.9 Å². The van der Waals surface area contributed by atoms with Crippen molar-refractivity contribution in [3.63, 3.8) is 0 Å². The number of aliphatic hydroxyl groups is 1. The third kappa shape index (κ3) is 4.40. The molecule has 0 radical (unpaired) electrons. The number of methoxy groups -OCH3 is 1. The molecule has 0 aromatic heterocycles. The summed E-state index contributed by atoms with van der Waals surface area (Å²) in [6.07, 6.45) is 8.08. The van der Waals surface area contributed by atoms with Crippen LogP contribution in [0.4, 0.5) is 0 Å². The van der Waals surface area contributed by atoms with E-state index in [1.165, 1.54) is 47.2 Å². The second-order valence-corrected chi connectivity index (χ2v) is 17.9. The molecule has 10 rings (SSSR count). The van der Waals surface area contributed by atoms with Gasteiger partial charge in [0.25, 0.3) is 5.91 Å². The predicted octanol–water partition coefficient (Wildman–Crippen LogP) is 7.35. The number of nitrogens with zero attached hydrogens (tertiary/aromatic N) is 1. The Balaban J connectivity index is 1.06. The van der Waals surface area contributed by atoms with Crippen LogP contribution in [0.25, 0.3) is 11.1 Å². The number of ether oxygens (including phenoxy) is 2. The molecular formula is C44H54N2O4. The van der Waals surface area contributed by atoms with Gasteiger partial charge in [-0.3, -0.25) is 9.69 Å². The Morgan fingerprint density at radius 3 is 2.42 bits per heavy atom. The van der Waals surface area contributed by atoms with E-state index in [1.807, 2.05) is 26.2 Å². The first-order chi connectivity index (χ1) is 23.9. The Kier molecular flexibility index (Phi) is 7.29. The van der Waals surface area contributed by atoms with Crippen molar-refractivity contribution in [1.29, 1.82) is 0 Å². The van der Waals surface area contributed by atoms with Crippen molar-refractivity contribution in [1.82, 2.24) is 10.2 Å². The number of hydrogen-bond donors (Lipinski definition) is 2. The maximum Gasteiger partial charge on any atom is 0.255 e. The van der Waals surface area contributed by atoms with Crippen LogP contribution in [0.15, 0.2) is 66.7 Å². The molecule has 5 aliphatic carbocycles. The Labute approximate surface area is 297 Å². The molecule has 50 heavy (non-hydrogen) atoms. The van der Waals surface area contributed by atoms with E-state index in [1.54, 1.807) is 0 Å². The molecule has 2 N–H and O–H groups in total. The van der Waals surface area contributed by atoms with Gasteiger partial charge in [0.15, 0.2) is 0 Å². The smallest absolute Gasteiger partial charge is 0.255 e. The molecular weight excluding hydrogens is 620 g/mol. The highest BCUT2D eigenvalue weighted by molar-refractivity contribution is 5.98. The van der Waals surface area contributed by atoms with Crippen LogP contribution in [0, 0.1) is 22.7 Å². The monoisotopic (exact) mass is 674 g/mol. The van der Waals surface area contributed by atoms with Gasteiger partial charge in [-0.25, -0.2) is 0 Å². The van der Waals surface area contributed by atoms with Crippen molar-refractivity contribution in [3.8, 4) is 16.9 Å². The molecule has 264 valence electrons. The lowest BCUT2D eigenvalue weighted by Gasteiger charge is -2.75. The molecule has 2 spiro atoms. The fraction of sp³-hybridized carbons (Fsp3) is 0.568. The van der Waals surface area contributed by atoms with Crippen LogP contribution in [0.5, 0.6) is 5.75 Å². The van der Waals surface area contributed by atoms with Crippen LogP contribution in [0.3, 0.4) is 0 Å². The summed E-state index contributed by atoms with van der Waals surface area (Å²) in [5, 5.41) is 15.8. The predicted molar refractivity (Wildman–Crippen MR) is 196 cm³/mol. The first-order valence-corrected chi connectivity index (χ1v) is 19.2. The van der Waals surface area contributed by atoms with Crippen LogP contribution in [-0.4, -0.2) is 66.0 Å². The first-order valence-electron chi connectivity index (χ1n) is 19.2. The van der Waals surface area contributed by atoms with Crippen molar-refractivity contribution in [2.45, 2.75) is 108 Å². The topological polar surface area (TPSA) is 71.0 Å². The van der Waals surface area contributed by atoms with E-state index in [4.69, 9.17) is 9.47 Å². The normalized spacial score (nSPS) is 33.4. The second kappa shape index (κ2) is 11.2. The summed E-state index contributed by atoms with van der Waals surface area (Å²) in [6.45, 7) is 11.3. The number of piperidine rings is 1. The maximum absolute atomic E-state index is 14.1. The van der Waals surface area contributed by atoms with Gasteiger partial charge in [-0.05, 0) is 104 Å². The lowest BCUT2D eigenvalue weighted by molar-refractivity contribution is -0.312. The van der Waals surface area contributed by atoms with E-state index < -0.39 is 11.2 Å². The Bertz CT molecular complexity index is 1810. The minimum atomic E-state index is -0.967. The SMILES string of the molecule is CO[C@@]12CC[C@@]3(C[C@@H]1[C@@](C)(O)C(C)(C)C)[C@H]1Cc4ccc(C(=O)NCCc5ccc(-c6ccccc6)cc5)c5c4[C@@]3(CCN1CC1CC1)C2O5. The number of carbonyl (C=O) groups is 1. The molecule has 1 amide bonds. The lowest BCUT2D eigenvalue weighted by Crippen LogP contribution is -2.83. The van der Waals surface area contributed by atoms with E-state index in [2.05, 4.69) is 85.6 Å². The van der Waals surface area contributed by atoms with Gasteiger partial charge in [0.1, 0.15) is 17.5 Å². The molecule has 3 aromatic carbocycles. The highest BCUT2D eigenvalue weighted by Crippen LogP contribution is 2.77. The third-order valence-corrected chi connectivity index (χ3v) is 14.9. The number of amides is 1. The number of likely N-dealkylation sites (tertiary alicyclic amines) is 1. The minimum absolute atomic E-state index is 0.0374.